The Kier molecular flexibility index (Phi) is 4.55. The number of H-pyrrole nitrogens is 1. The van der Waals surface area contributed by atoms with Crippen molar-refractivity contribution in [3.05, 3.63) is 71.4 Å². The number of carbonyl (C=O) groups is 1. The zero-order valence-corrected chi connectivity index (χ0v) is 14.4. The lowest BCUT2D eigenvalue weighted by Gasteiger charge is -2.26. The van der Waals surface area contributed by atoms with Crippen LogP contribution in [0, 0.1) is 0 Å². The molecule has 0 radical (unpaired) electrons. The van der Waals surface area contributed by atoms with E-state index in [0.717, 1.165) is 32.1 Å². The molecule has 1 aliphatic carbocycles. The van der Waals surface area contributed by atoms with Crippen molar-refractivity contribution >= 4 is 16.8 Å². The molecule has 1 aromatic heterocycles. The highest BCUT2D eigenvalue weighted by Gasteiger charge is 2.21. The van der Waals surface area contributed by atoms with Crippen LogP contribution < -0.4 is 5.32 Å². The van der Waals surface area contributed by atoms with Crippen LogP contribution in [-0.2, 0) is 17.6 Å². The predicted octanol–water partition coefficient (Wildman–Crippen LogP) is 4.68. The number of rotatable bonds is 5. The van der Waals surface area contributed by atoms with Crippen molar-refractivity contribution in [3.63, 3.8) is 0 Å². The molecule has 1 atom stereocenters. The summed E-state index contributed by atoms with van der Waals surface area (Å²) in [6.45, 7) is 0. The van der Waals surface area contributed by atoms with E-state index in [9.17, 15) is 4.79 Å². The second kappa shape index (κ2) is 7.14. The second-order valence-corrected chi connectivity index (χ2v) is 6.92. The van der Waals surface area contributed by atoms with Crippen molar-refractivity contribution in [2.45, 2.75) is 44.6 Å². The zero-order valence-electron chi connectivity index (χ0n) is 14.4. The summed E-state index contributed by atoms with van der Waals surface area (Å²) < 4.78 is 0. The maximum Gasteiger partial charge on any atom is 0.220 e. The summed E-state index contributed by atoms with van der Waals surface area (Å²) in [5, 5.41) is 4.51. The number of aromatic amines is 1. The van der Waals surface area contributed by atoms with Crippen LogP contribution in [-0.4, -0.2) is 10.9 Å². The molecule has 0 saturated carbocycles. The number of carbonyl (C=O) groups excluding carboxylic acids is 1. The minimum atomic E-state index is 0.168. The van der Waals surface area contributed by atoms with Crippen LogP contribution >= 0.6 is 0 Å². The lowest BCUT2D eigenvalue weighted by atomic mass is 9.87. The van der Waals surface area contributed by atoms with E-state index in [2.05, 4.69) is 59.0 Å². The molecule has 3 heteroatoms. The number of hydrogen-bond donors (Lipinski definition) is 2. The Labute approximate surface area is 148 Å². The SMILES string of the molecule is O=C(CCCc1c[nH]c2ccccc12)N[C@@H]1CCCc2ccccc21. The van der Waals surface area contributed by atoms with Gasteiger partial charge in [-0.05, 0) is 54.9 Å². The van der Waals surface area contributed by atoms with E-state index in [4.69, 9.17) is 0 Å². The second-order valence-electron chi connectivity index (χ2n) is 6.92. The molecular weight excluding hydrogens is 308 g/mol. The van der Waals surface area contributed by atoms with Crippen molar-refractivity contribution in [2.75, 3.05) is 0 Å². The smallest absolute Gasteiger partial charge is 0.220 e. The fourth-order valence-corrected chi connectivity index (χ4v) is 3.95. The van der Waals surface area contributed by atoms with Gasteiger partial charge in [0.1, 0.15) is 0 Å². The van der Waals surface area contributed by atoms with E-state index >= 15 is 0 Å². The molecule has 1 aliphatic rings. The lowest BCUT2D eigenvalue weighted by molar-refractivity contribution is -0.122. The van der Waals surface area contributed by atoms with Crippen LogP contribution in [0.25, 0.3) is 10.9 Å². The summed E-state index contributed by atoms with van der Waals surface area (Å²) in [6.07, 6.45) is 7.78. The van der Waals surface area contributed by atoms with Gasteiger partial charge in [0.15, 0.2) is 0 Å². The molecule has 0 unspecified atom stereocenters. The Bertz CT molecular complexity index is 880. The normalized spacial score (nSPS) is 16.6. The molecule has 4 rings (SSSR count). The third kappa shape index (κ3) is 3.46. The van der Waals surface area contributed by atoms with Crippen LogP contribution in [0.5, 0.6) is 0 Å². The number of aromatic nitrogens is 1. The van der Waals surface area contributed by atoms with Crippen molar-refractivity contribution in [1.29, 1.82) is 0 Å². The number of para-hydroxylation sites is 1. The van der Waals surface area contributed by atoms with Gasteiger partial charge in [0.25, 0.3) is 0 Å². The highest BCUT2D eigenvalue weighted by molar-refractivity contribution is 5.83. The van der Waals surface area contributed by atoms with Crippen LogP contribution in [0.4, 0.5) is 0 Å². The van der Waals surface area contributed by atoms with E-state index < -0.39 is 0 Å². The minimum absolute atomic E-state index is 0.168. The zero-order chi connectivity index (χ0) is 17.1. The molecule has 3 nitrogen and oxygen atoms in total. The van der Waals surface area contributed by atoms with Gasteiger partial charge in [-0.25, -0.2) is 0 Å². The van der Waals surface area contributed by atoms with Gasteiger partial charge >= 0.3 is 0 Å². The molecule has 2 N–H and O–H groups in total. The Hall–Kier alpha value is -2.55. The van der Waals surface area contributed by atoms with Gasteiger partial charge in [-0.15, -0.1) is 0 Å². The molecule has 25 heavy (non-hydrogen) atoms. The van der Waals surface area contributed by atoms with E-state index in [1.165, 1.54) is 27.6 Å². The average Bonchev–Trinajstić information content (AvgIpc) is 3.05. The number of amides is 1. The van der Waals surface area contributed by atoms with Crippen LogP contribution in [0.3, 0.4) is 0 Å². The van der Waals surface area contributed by atoms with Crippen LogP contribution in [0.15, 0.2) is 54.7 Å². The third-order valence-electron chi connectivity index (χ3n) is 5.23. The average molecular weight is 332 g/mol. The first-order chi connectivity index (χ1) is 12.3. The van der Waals surface area contributed by atoms with Crippen molar-refractivity contribution in [2.24, 2.45) is 0 Å². The fraction of sp³-hybridized carbons (Fsp3) is 0.318. The minimum Gasteiger partial charge on any atom is -0.361 e. The van der Waals surface area contributed by atoms with Crippen molar-refractivity contribution < 1.29 is 4.79 Å². The summed E-state index contributed by atoms with van der Waals surface area (Å²) in [4.78, 5) is 15.7. The molecule has 0 saturated heterocycles. The monoisotopic (exact) mass is 332 g/mol. The maximum absolute atomic E-state index is 12.4. The highest BCUT2D eigenvalue weighted by atomic mass is 16.1. The number of nitrogens with one attached hydrogen (secondary N) is 2. The number of fused-ring (bicyclic) bond motifs is 2. The highest BCUT2D eigenvalue weighted by Crippen LogP contribution is 2.29. The van der Waals surface area contributed by atoms with Crippen LogP contribution in [0.2, 0.25) is 0 Å². The third-order valence-corrected chi connectivity index (χ3v) is 5.23. The Morgan fingerprint density at radius 1 is 1.12 bits per heavy atom. The molecule has 3 aromatic rings. The van der Waals surface area contributed by atoms with E-state index in [1.54, 1.807) is 0 Å². The lowest BCUT2D eigenvalue weighted by Crippen LogP contribution is -2.30. The molecular formula is C22H24N2O. The van der Waals surface area contributed by atoms with Gasteiger partial charge in [-0.2, -0.15) is 0 Å². The molecule has 0 fully saturated rings. The first-order valence-electron chi connectivity index (χ1n) is 9.23. The molecule has 0 spiro atoms. The summed E-state index contributed by atoms with van der Waals surface area (Å²) in [5.41, 5.74) is 5.16. The largest absolute Gasteiger partial charge is 0.361 e. The maximum atomic E-state index is 12.4. The molecule has 1 heterocycles. The fourth-order valence-electron chi connectivity index (χ4n) is 3.95. The van der Waals surface area contributed by atoms with Crippen LogP contribution in [0.1, 0.15) is 48.4 Å². The molecule has 0 bridgehead atoms. The summed E-state index contributed by atoms with van der Waals surface area (Å²) in [5.74, 6) is 0.168. The topological polar surface area (TPSA) is 44.9 Å². The van der Waals surface area contributed by atoms with Gasteiger partial charge in [0.2, 0.25) is 5.91 Å². The standard InChI is InChI=1S/C22H24N2O/c25-22(24-21-13-5-8-16-7-1-2-10-18(16)21)14-6-9-17-15-23-20-12-4-3-11-19(17)20/h1-4,7,10-12,15,21,23H,5-6,8-9,13-14H2,(H,24,25)/t21-/m1/s1. The van der Waals surface area contributed by atoms with E-state index in [-0.39, 0.29) is 11.9 Å². The van der Waals surface area contributed by atoms with Gasteiger partial charge in [-0.3, -0.25) is 4.79 Å². The van der Waals surface area contributed by atoms with E-state index in [0.29, 0.717) is 6.42 Å². The first-order valence-corrected chi connectivity index (χ1v) is 9.23. The summed E-state index contributed by atoms with van der Waals surface area (Å²) in [7, 11) is 0. The molecule has 128 valence electrons. The van der Waals surface area contributed by atoms with Crippen molar-refractivity contribution in [1.82, 2.24) is 10.3 Å². The summed E-state index contributed by atoms with van der Waals surface area (Å²) in [6, 6.07) is 17.0. The van der Waals surface area contributed by atoms with E-state index in [1.807, 2.05) is 6.07 Å². The number of aryl methyl sites for hydroxylation is 2. The molecule has 1 amide bonds. The van der Waals surface area contributed by atoms with Gasteiger partial charge < -0.3 is 10.3 Å². The Morgan fingerprint density at radius 3 is 2.92 bits per heavy atom. The Balaban J connectivity index is 1.33. The predicted molar refractivity (Wildman–Crippen MR) is 102 cm³/mol. The van der Waals surface area contributed by atoms with Crippen molar-refractivity contribution in [3.8, 4) is 0 Å². The first kappa shape index (κ1) is 15.9. The molecule has 0 aliphatic heterocycles. The molecule has 2 aromatic carbocycles. The number of hydrogen-bond acceptors (Lipinski definition) is 1. The van der Waals surface area contributed by atoms with Gasteiger partial charge in [-0.1, -0.05) is 42.5 Å². The van der Waals surface area contributed by atoms with Gasteiger partial charge in [0.05, 0.1) is 6.04 Å². The Morgan fingerprint density at radius 2 is 1.96 bits per heavy atom. The quantitative estimate of drug-likeness (QED) is 0.700. The van der Waals surface area contributed by atoms with Gasteiger partial charge in [0, 0.05) is 23.5 Å². The summed E-state index contributed by atoms with van der Waals surface area (Å²) >= 11 is 0. The number of benzene rings is 2.